The van der Waals surface area contributed by atoms with Gasteiger partial charge in [-0.2, -0.15) is 0 Å². The summed E-state index contributed by atoms with van der Waals surface area (Å²) in [6.07, 6.45) is 6.86. The average molecular weight is 291 g/mol. The highest BCUT2D eigenvalue weighted by Crippen LogP contribution is 2.40. The number of benzene rings is 2. The van der Waals surface area contributed by atoms with Crippen LogP contribution < -0.4 is 0 Å². The summed E-state index contributed by atoms with van der Waals surface area (Å²) in [7, 11) is 0. The summed E-state index contributed by atoms with van der Waals surface area (Å²) in [5.41, 5.74) is 2.99. The number of hydrogen-bond acceptors (Lipinski definition) is 1. The first kappa shape index (κ1) is 14.0. The van der Waals surface area contributed by atoms with Crippen molar-refractivity contribution in [3.8, 4) is 0 Å². The maximum absolute atomic E-state index is 2.79. The molecule has 4 rings (SSSR count). The minimum Gasteiger partial charge on any atom is -0.293 e. The van der Waals surface area contributed by atoms with Crippen molar-refractivity contribution in [2.45, 2.75) is 50.7 Å². The van der Waals surface area contributed by atoms with Gasteiger partial charge in [-0.15, -0.1) is 0 Å². The number of nitrogens with zero attached hydrogens (tertiary/aromatic N) is 1. The molecule has 2 atom stereocenters. The van der Waals surface area contributed by atoms with Crippen LogP contribution in [-0.2, 0) is 13.0 Å². The van der Waals surface area contributed by atoms with Crippen LogP contribution in [0.3, 0.4) is 0 Å². The topological polar surface area (TPSA) is 3.24 Å². The van der Waals surface area contributed by atoms with Gasteiger partial charge in [-0.05, 0) is 49.1 Å². The normalized spacial score (nSPS) is 27.9. The third kappa shape index (κ3) is 2.96. The van der Waals surface area contributed by atoms with Gasteiger partial charge in [-0.1, -0.05) is 60.7 Å². The standard InChI is InChI=1S/C21H25N/c1-3-7-17(8-4-1)13-19-14-20-11-12-21(15-19)22(20)16-18-9-5-2-6-10-18/h1-10,19-21H,11-16H2. The first-order chi connectivity index (χ1) is 10.9. The fraction of sp³-hybridized carbons (Fsp3) is 0.429. The van der Waals surface area contributed by atoms with Crippen molar-refractivity contribution in [1.29, 1.82) is 0 Å². The number of fused-ring (bicyclic) bond motifs is 2. The van der Waals surface area contributed by atoms with Gasteiger partial charge in [0.1, 0.15) is 0 Å². The molecular formula is C21H25N. The van der Waals surface area contributed by atoms with Gasteiger partial charge in [0.05, 0.1) is 0 Å². The lowest BCUT2D eigenvalue weighted by molar-refractivity contribution is 0.0961. The van der Waals surface area contributed by atoms with E-state index in [2.05, 4.69) is 65.6 Å². The highest BCUT2D eigenvalue weighted by Gasteiger charge is 2.40. The molecule has 0 aliphatic carbocycles. The van der Waals surface area contributed by atoms with Crippen LogP contribution in [0.1, 0.15) is 36.8 Å². The van der Waals surface area contributed by atoms with Crippen LogP contribution in [0.4, 0.5) is 0 Å². The first-order valence-corrected chi connectivity index (χ1v) is 8.72. The second-order valence-electron chi connectivity index (χ2n) is 7.07. The Morgan fingerprint density at radius 1 is 0.727 bits per heavy atom. The molecule has 0 radical (unpaired) electrons. The zero-order valence-electron chi connectivity index (χ0n) is 13.2. The molecule has 0 N–H and O–H groups in total. The van der Waals surface area contributed by atoms with E-state index in [1.807, 2.05) is 0 Å². The molecule has 114 valence electrons. The lowest BCUT2D eigenvalue weighted by atomic mass is 9.85. The molecule has 1 nitrogen and oxygen atoms in total. The minimum absolute atomic E-state index is 0.813. The molecule has 0 saturated carbocycles. The fourth-order valence-corrected chi connectivity index (χ4v) is 4.55. The summed E-state index contributed by atoms with van der Waals surface area (Å²) < 4.78 is 0. The minimum atomic E-state index is 0.813. The Balaban J connectivity index is 1.41. The predicted octanol–water partition coefficient (Wildman–Crippen LogP) is 4.67. The van der Waals surface area contributed by atoms with Crippen molar-refractivity contribution < 1.29 is 0 Å². The van der Waals surface area contributed by atoms with Gasteiger partial charge in [0.15, 0.2) is 0 Å². The number of piperidine rings is 1. The Hall–Kier alpha value is -1.60. The molecule has 2 saturated heterocycles. The van der Waals surface area contributed by atoms with Crippen molar-refractivity contribution in [3.63, 3.8) is 0 Å². The molecule has 1 heteroatoms. The summed E-state index contributed by atoms with van der Waals surface area (Å²) in [5.74, 6) is 0.881. The Kier molecular flexibility index (Phi) is 3.99. The van der Waals surface area contributed by atoms with E-state index in [1.165, 1.54) is 43.2 Å². The van der Waals surface area contributed by atoms with Crippen molar-refractivity contribution in [2.24, 2.45) is 5.92 Å². The Bertz CT molecular complexity index is 578. The predicted molar refractivity (Wildman–Crippen MR) is 91.7 cm³/mol. The maximum atomic E-state index is 2.79. The van der Waals surface area contributed by atoms with E-state index in [-0.39, 0.29) is 0 Å². The molecule has 2 unspecified atom stereocenters. The van der Waals surface area contributed by atoms with E-state index in [0.717, 1.165) is 24.5 Å². The van der Waals surface area contributed by atoms with E-state index < -0.39 is 0 Å². The van der Waals surface area contributed by atoms with Crippen LogP contribution in [0.2, 0.25) is 0 Å². The highest BCUT2D eigenvalue weighted by atomic mass is 15.2. The van der Waals surface area contributed by atoms with Crippen molar-refractivity contribution >= 4 is 0 Å². The molecule has 0 amide bonds. The van der Waals surface area contributed by atoms with E-state index in [9.17, 15) is 0 Å². The fourth-order valence-electron chi connectivity index (χ4n) is 4.55. The van der Waals surface area contributed by atoms with Crippen LogP contribution in [0, 0.1) is 5.92 Å². The van der Waals surface area contributed by atoms with Crippen LogP contribution in [0.15, 0.2) is 60.7 Å². The molecule has 0 spiro atoms. The van der Waals surface area contributed by atoms with Crippen LogP contribution in [-0.4, -0.2) is 17.0 Å². The van der Waals surface area contributed by atoms with Crippen molar-refractivity contribution in [1.82, 2.24) is 4.90 Å². The molecule has 2 aromatic carbocycles. The van der Waals surface area contributed by atoms with Crippen molar-refractivity contribution in [3.05, 3.63) is 71.8 Å². The van der Waals surface area contributed by atoms with Gasteiger partial charge in [-0.3, -0.25) is 4.90 Å². The lowest BCUT2D eigenvalue weighted by Crippen LogP contribution is -2.42. The molecule has 0 aromatic heterocycles. The van der Waals surface area contributed by atoms with Crippen LogP contribution in [0.25, 0.3) is 0 Å². The zero-order valence-corrected chi connectivity index (χ0v) is 13.2. The van der Waals surface area contributed by atoms with Gasteiger partial charge in [0.2, 0.25) is 0 Å². The third-order valence-corrected chi connectivity index (χ3v) is 5.56. The number of hydrogen-bond donors (Lipinski definition) is 0. The van der Waals surface area contributed by atoms with Gasteiger partial charge in [0, 0.05) is 18.6 Å². The molecular weight excluding hydrogens is 266 g/mol. The second kappa shape index (κ2) is 6.26. The smallest absolute Gasteiger partial charge is 0.0239 e. The van der Waals surface area contributed by atoms with E-state index in [0.29, 0.717) is 0 Å². The molecule has 2 aliphatic heterocycles. The summed E-state index contributed by atoms with van der Waals surface area (Å²) in [4.78, 5) is 2.79. The third-order valence-electron chi connectivity index (χ3n) is 5.56. The Labute approximate surface area is 134 Å². The molecule has 2 fully saturated rings. The maximum Gasteiger partial charge on any atom is 0.0239 e. The van der Waals surface area contributed by atoms with Gasteiger partial charge < -0.3 is 0 Å². The average Bonchev–Trinajstić information content (AvgIpc) is 2.80. The largest absolute Gasteiger partial charge is 0.293 e. The Morgan fingerprint density at radius 2 is 1.27 bits per heavy atom. The van der Waals surface area contributed by atoms with Gasteiger partial charge in [-0.25, -0.2) is 0 Å². The summed E-state index contributed by atoms with van der Waals surface area (Å²) in [5, 5.41) is 0. The zero-order chi connectivity index (χ0) is 14.8. The SMILES string of the molecule is c1ccc(CC2CC3CCC(C2)N3Cc2ccccc2)cc1. The molecule has 2 aliphatic rings. The van der Waals surface area contributed by atoms with Gasteiger partial charge in [0.25, 0.3) is 0 Å². The number of rotatable bonds is 4. The molecule has 2 aromatic rings. The van der Waals surface area contributed by atoms with Gasteiger partial charge >= 0.3 is 0 Å². The summed E-state index contributed by atoms with van der Waals surface area (Å²) in [6.45, 7) is 1.15. The van der Waals surface area contributed by atoms with E-state index in [4.69, 9.17) is 0 Å². The highest BCUT2D eigenvalue weighted by molar-refractivity contribution is 5.17. The van der Waals surface area contributed by atoms with E-state index >= 15 is 0 Å². The van der Waals surface area contributed by atoms with Crippen LogP contribution >= 0.6 is 0 Å². The molecule has 2 heterocycles. The monoisotopic (exact) mass is 291 g/mol. The quantitative estimate of drug-likeness (QED) is 0.791. The Morgan fingerprint density at radius 3 is 1.86 bits per heavy atom. The molecule has 2 bridgehead atoms. The summed E-state index contributed by atoms with van der Waals surface area (Å²) in [6, 6.07) is 23.7. The summed E-state index contributed by atoms with van der Waals surface area (Å²) >= 11 is 0. The first-order valence-electron chi connectivity index (χ1n) is 8.72. The van der Waals surface area contributed by atoms with Crippen molar-refractivity contribution in [2.75, 3.05) is 0 Å². The van der Waals surface area contributed by atoms with E-state index in [1.54, 1.807) is 0 Å². The second-order valence-corrected chi connectivity index (χ2v) is 7.07. The van der Waals surface area contributed by atoms with Crippen LogP contribution in [0.5, 0.6) is 0 Å². The molecule has 22 heavy (non-hydrogen) atoms. The lowest BCUT2D eigenvalue weighted by Gasteiger charge is -2.39.